The van der Waals surface area contributed by atoms with E-state index in [1.54, 1.807) is 18.2 Å². The lowest BCUT2D eigenvalue weighted by Gasteiger charge is -2.36. The molecule has 2 atom stereocenters. The predicted molar refractivity (Wildman–Crippen MR) is 70.3 cm³/mol. The standard InChI is InChI=1S/C14H15NO6/c16-13(15-5-6-19-7-9(15)14(17)18)12-8-20-10-3-1-2-4-11(10)21-12/h1-4,9,12H,5-8H2,(H,17,18)/t9-,12+/m1/s1. The molecule has 0 saturated carbocycles. The molecule has 2 aliphatic rings. The molecule has 0 aromatic heterocycles. The molecule has 0 unspecified atom stereocenters. The zero-order chi connectivity index (χ0) is 14.8. The Morgan fingerprint density at radius 1 is 1.19 bits per heavy atom. The van der Waals surface area contributed by atoms with Crippen LogP contribution in [0.1, 0.15) is 0 Å². The van der Waals surface area contributed by atoms with Crippen LogP contribution < -0.4 is 9.47 Å². The van der Waals surface area contributed by atoms with Crippen LogP contribution in [0, 0.1) is 0 Å². The summed E-state index contributed by atoms with van der Waals surface area (Å²) in [7, 11) is 0. The van der Waals surface area contributed by atoms with Crippen LogP contribution in [0.25, 0.3) is 0 Å². The number of fused-ring (bicyclic) bond motifs is 1. The van der Waals surface area contributed by atoms with E-state index >= 15 is 0 Å². The normalized spacial score (nSPS) is 24.5. The van der Waals surface area contributed by atoms with Crippen molar-refractivity contribution in [2.75, 3.05) is 26.4 Å². The third-order valence-corrected chi connectivity index (χ3v) is 3.48. The number of amides is 1. The van der Waals surface area contributed by atoms with Gasteiger partial charge >= 0.3 is 5.97 Å². The minimum absolute atomic E-state index is 0.00869. The van der Waals surface area contributed by atoms with Crippen LogP contribution in [0.4, 0.5) is 0 Å². The lowest BCUT2D eigenvalue weighted by molar-refractivity contribution is -0.163. The maximum Gasteiger partial charge on any atom is 0.328 e. The summed E-state index contributed by atoms with van der Waals surface area (Å²) in [4.78, 5) is 25.0. The van der Waals surface area contributed by atoms with E-state index in [4.69, 9.17) is 19.3 Å². The van der Waals surface area contributed by atoms with E-state index in [1.165, 1.54) is 4.90 Å². The molecular weight excluding hydrogens is 278 g/mol. The van der Waals surface area contributed by atoms with Crippen molar-refractivity contribution >= 4 is 11.9 Å². The molecule has 1 aromatic carbocycles. The molecule has 0 radical (unpaired) electrons. The molecular formula is C14H15NO6. The highest BCUT2D eigenvalue weighted by atomic mass is 16.6. The topological polar surface area (TPSA) is 85.3 Å². The summed E-state index contributed by atoms with van der Waals surface area (Å²) in [5, 5.41) is 9.17. The van der Waals surface area contributed by atoms with Gasteiger partial charge in [0.1, 0.15) is 6.61 Å². The van der Waals surface area contributed by atoms with Gasteiger partial charge in [-0.05, 0) is 12.1 Å². The van der Waals surface area contributed by atoms with Crippen molar-refractivity contribution in [1.82, 2.24) is 4.90 Å². The van der Waals surface area contributed by atoms with E-state index in [2.05, 4.69) is 0 Å². The first-order valence-electron chi connectivity index (χ1n) is 6.66. The van der Waals surface area contributed by atoms with Gasteiger partial charge in [-0.2, -0.15) is 0 Å². The fourth-order valence-corrected chi connectivity index (χ4v) is 2.40. The number of aliphatic carboxylic acids is 1. The lowest BCUT2D eigenvalue weighted by atomic mass is 10.2. The summed E-state index contributed by atoms with van der Waals surface area (Å²) in [6, 6.07) is 6.08. The molecule has 3 rings (SSSR count). The van der Waals surface area contributed by atoms with Crippen molar-refractivity contribution in [3.05, 3.63) is 24.3 Å². The molecule has 2 heterocycles. The molecule has 1 fully saturated rings. The lowest BCUT2D eigenvalue weighted by Crippen LogP contribution is -2.57. The Balaban J connectivity index is 1.75. The van der Waals surface area contributed by atoms with E-state index in [9.17, 15) is 9.59 Å². The van der Waals surface area contributed by atoms with E-state index in [0.29, 0.717) is 18.1 Å². The Kier molecular flexibility index (Phi) is 3.66. The molecule has 0 spiro atoms. The second-order valence-electron chi connectivity index (χ2n) is 4.82. The molecule has 7 nitrogen and oxygen atoms in total. The van der Waals surface area contributed by atoms with Gasteiger partial charge in [0.2, 0.25) is 6.10 Å². The van der Waals surface area contributed by atoms with Crippen molar-refractivity contribution in [1.29, 1.82) is 0 Å². The molecule has 0 bridgehead atoms. The van der Waals surface area contributed by atoms with E-state index < -0.39 is 18.1 Å². The minimum Gasteiger partial charge on any atom is -0.485 e. The van der Waals surface area contributed by atoms with Crippen LogP contribution in [-0.2, 0) is 14.3 Å². The van der Waals surface area contributed by atoms with Crippen LogP contribution in [0.3, 0.4) is 0 Å². The molecule has 0 aliphatic carbocycles. The van der Waals surface area contributed by atoms with Crippen LogP contribution in [0.15, 0.2) is 24.3 Å². The van der Waals surface area contributed by atoms with Crippen LogP contribution >= 0.6 is 0 Å². The zero-order valence-corrected chi connectivity index (χ0v) is 11.2. The number of hydrogen-bond acceptors (Lipinski definition) is 5. The number of carboxylic acids is 1. The zero-order valence-electron chi connectivity index (χ0n) is 11.2. The Hall–Kier alpha value is -2.28. The van der Waals surface area contributed by atoms with Crippen LogP contribution in [0.5, 0.6) is 11.5 Å². The van der Waals surface area contributed by atoms with Gasteiger partial charge in [0.25, 0.3) is 5.91 Å². The summed E-state index contributed by atoms with van der Waals surface area (Å²) in [6.45, 7) is 0.613. The SMILES string of the molecule is O=C(O)[C@H]1COCCN1C(=O)[C@@H]1COc2ccccc2O1. The van der Waals surface area contributed by atoms with Gasteiger partial charge in [0, 0.05) is 6.54 Å². The Morgan fingerprint density at radius 3 is 2.71 bits per heavy atom. The van der Waals surface area contributed by atoms with Crippen LogP contribution in [-0.4, -0.2) is 60.4 Å². The summed E-state index contributed by atoms with van der Waals surface area (Å²) < 4.78 is 16.2. The Labute approximate surface area is 121 Å². The van der Waals surface area contributed by atoms with Crippen molar-refractivity contribution in [2.45, 2.75) is 12.1 Å². The number of carbonyl (C=O) groups is 2. The summed E-state index contributed by atoms with van der Waals surface area (Å²) in [6.07, 6.45) is -0.833. The molecule has 21 heavy (non-hydrogen) atoms. The molecule has 2 aliphatic heterocycles. The predicted octanol–water partition coefficient (Wildman–Crippen LogP) is 0.138. The third-order valence-electron chi connectivity index (χ3n) is 3.48. The van der Waals surface area contributed by atoms with Crippen LogP contribution in [0.2, 0.25) is 0 Å². The van der Waals surface area contributed by atoms with Gasteiger partial charge < -0.3 is 24.2 Å². The maximum atomic E-state index is 12.5. The quantitative estimate of drug-likeness (QED) is 0.835. The van der Waals surface area contributed by atoms with Crippen molar-refractivity contribution in [3.8, 4) is 11.5 Å². The highest BCUT2D eigenvalue weighted by Crippen LogP contribution is 2.31. The van der Waals surface area contributed by atoms with E-state index in [1.807, 2.05) is 6.07 Å². The van der Waals surface area contributed by atoms with Gasteiger partial charge in [0.05, 0.1) is 13.2 Å². The first kappa shape index (κ1) is 13.7. The number of morpholine rings is 1. The molecule has 1 saturated heterocycles. The van der Waals surface area contributed by atoms with Gasteiger partial charge in [-0.3, -0.25) is 4.79 Å². The molecule has 7 heteroatoms. The summed E-state index contributed by atoms with van der Waals surface area (Å²) in [5.41, 5.74) is 0. The maximum absolute atomic E-state index is 12.5. The second kappa shape index (κ2) is 5.61. The summed E-state index contributed by atoms with van der Waals surface area (Å²) >= 11 is 0. The first-order valence-corrected chi connectivity index (χ1v) is 6.66. The fraction of sp³-hybridized carbons (Fsp3) is 0.429. The third kappa shape index (κ3) is 2.64. The number of para-hydroxylation sites is 2. The van der Waals surface area contributed by atoms with Crippen molar-refractivity contribution < 1.29 is 28.9 Å². The number of nitrogens with zero attached hydrogens (tertiary/aromatic N) is 1. The first-order chi connectivity index (χ1) is 10.2. The number of benzene rings is 1. The second-order valence-corrected chi connectivity index (χ2v) is 4.82. The highest BCUT2D eigenvalue weighted by Gasteiger charge is 2.38. The Bertz CT molecular complexity index is 560. The van der Waals surface area contributed by atoms with Gasteiger partial charge in [-0.25, -0.2) is 4.79 Å². The van der Waals surface area contributed by atoms with Gasteiger partial charge in [-0.1, -0.05) is 12.1 Å². The number of hydrogen-bond donors (Lipinski definition) is 1. The average molecular weight is 293 g/mol. The Morgan fingerprint density at radius 2 is 1.95 bits per heavy atom. The molecule has 1 amide bonds. The number of carboxylic acid groups (broad SMARTS) is 1. The smallest absolute Gasteiger partial charge is 0.328 e. The van der Waals surface area contributed by atoms with Crippen molar-refractivity contribution in [2.24, 2.45) is 0 Å². The van der Waals surface area contributed by atoms with Crippen molar-refractivity contribution in [3.63, 3.8) is 0 Å². The average Bonchev–Trinajstić information content (AvgIpc) is 2.53. The van der Waals surface area contributed by atoms with E-state index in [0.717, 1.165) is 0 Å². The highest BCUT2D eigenvalue weighted by molar-refractivity contribution is 5.87. The van der Waals surface area contributed by atoms with Gasteiger partial charge in [0.15, 0.2) is 17.5 Å². The monoisotopic (exact) mass is 293 g/mol. The molecule has 112 valence electrons. The largest absolute Gasteiger partial charge is 0.485 e. The molecule has 1 N–H and O–H groups in total. The molecule has 1 aromatic rings. The minimum atomic E-state index is -1.08. The number of carbonyl (C=O) groups excluding carboxylic acids is 1. The fourth-order valence-electron chi connectivity index (χ4n) is 2.40. The summed E-state index contributed by atoms with van der Waals surface area (Å²) in [5.74, 6) is -0.402. The number of ether oxygens (including phenoxy) is 3. The number of rotatable bonds is 2. The van der Waals surface area contributed by atoms with E-state index in [-0.39, 0.29) is 25.7 Å². The van der Waals surface area contributed by atoms with Gasteiger partial charge in [-0.15, -0.1) is 0 Å².